The second kappa shape index (κ2) is 20.0. The fraction of sp³-hybridized carbons (Fsp3) is 0.947. The van der Waals surface area contributed by atoms with Crippen LogP contribution in [0.3, 0.4) is 0 Å². The van der Waals surface area contributed by atoms with E-state index in [1.165, 1.54) is 77.6 Å². The first-order valence-corrected chi connectivity index (χ1v) is 11.7. The Hall–Kier alpha value is 0.220. The monoisotopic (exact) mass is 402 g/mol. The Balaban J connectivity index is 0. The number of rotatable bonds is 17. The molecule has 0 amide bonds. The van der Waals surface area contributed by atoms with Crippen molar-refractivity contribution in [1.82, 2.24) is 0 Å². The molecule has 7 heteroatoms. The number of ether oxygens (including phenoxy) is 1. The molecule has 0 aliphatic carbocycles. The van der Waals surface area contributed by atoms with E-state index in [1.807, 2.05) is 0 Å². The third-order valence-corrected chi connectivity index (χ3v) is 5.36. The summed E-state index contributed by atoms with van der Waals surface area (Å²) in [4.78, 5) is 11.1. The zero-order valence-corrected chi connectivity index (χ0v) is 17.1. The minimum atomic E-state index is -3.76. The Morgan fingerprint density at radius 2 is 1.08 bits per heavy atom. The fourth-order valence-electron chi connectivity index (χ4n) is 2.64. The minimum absolute atomic E-state index is 0. The first-order valence-electron chi connectivity index (χ1n) is 10.1. The first-order chi connectivity index (χ1) is 12.0. The third kappa shape index (κ3) is 20.5. The standard InChI is InChI=1S/C19H38O5S.Na.H/c1-3-5-6-7-8-9-10-11-12-13-14-15-16-17-18-23-19(20)24-25(21,22)4-2;;/h3-18H2,1-2H3;;. The van der Waals surface area contributed by atoms with Crippen molar-refractivity contribution in [3.63, 3.8) is 0 Å². The molecule has 0 heterocycles. The Morgan fingerprint density at radius 3 is 1.46 bits per heavy atom. The van der Waals surface area contributed by atoms with Crippen LogP contribution in [0.25, 0.3) is 0 Å². The molecule has 0 saturated carbocycles. The van der Waals surface area contributed by atoms with Gasteiger partial charge in [-0.15, -0.1) is 0 Å². The van der Waals surface area contributed by atoms with Crippen LogP contribution in [-0.4, -0.2) is 56.5 Å². The van der Waals surface area contributed by atoms with Crippen molar-refractivity contribution in [1.29, 1.82) is 0 Å². The molecule has 0 aliphatic rings. The Labute approximate surface area is 183 Å². The zero-order chi connectivity index (χ0) is 18.8. The molecule has 0 fully saturated rings. The van der Waals surface area contributed by atoms with Crippen molar-refractivity contribution in [2.24, 2.45) is 0 Å². The summed E-state index contributed by atoms with van der Waals surface area (Å²) in [5.41, 5.74) is 0. The van der Waals surface area contributed by atoms with Gasteiger partial charge in [-0.1, -0.05) is 90.4 Å². The molecule has 0 aliphatic heterocycles. The molecule has 0 aromatic carbocycles. The van der Waals surface area contributed by atoms with Crippen molar-refractivity contribution in [2.45, 2.75) is 104 Å². The molecule has 0 N–H and O–H groups in total. The van der Waals surface area contributed by atoms with Gasteiger partial charge in [-0.2, -0.15) is 8.42 Å². The maximum atomic E-state index is 11.1. The second-order valence-electron chi connectivity index (χ2n) is 6.62. The van der Waals surface area contributed by atoms with Crippen molar-refractivity contribution in [3.05, 3.63) is 0 Å². The van der Waals surface area contributed by atoms with Gasteiger partial charge in [0.1, 0.15) is 0 Å². The van der Waals surface area contributed by atoms with Crippen LogP contribution in [-0.2, 0) is 19.0 Å². The summed E-state index contributed by atoms with van der Waals surface area (Å²) in [6.07, 6.45) is 16.5. The molecular weight excluding hydrogens is 363 g/mol. The fourth-order valence-corrected chi connectivity index (χ4v) is 3.01. The van der Waals surface area contributed by atoms with E-state index in [1.54, 1.807) is 0 Å². The van der Waals surface area contributed by atoms with Crippen LogP contribution < -0.4 is 0 Å². The van der Waals surface area contributed by atoms with Gasteiger partial charge in [0.25, 0.3) is 0 Å². The summed E-state index contributed by atoms with van der Waals surface area (Å²) < 4.78 is 31.1. The van der Waals surface area contributed by atoms with Gasteiger partial charge in [0, 0.05) is 0 Å². The van der Waals surface area contributed by atoms with Gasteiger partial charge in [-0.3, -0.25) is 0 Å². The zero-order valence-electron chi connectivity index (χ0n) is 16.3. The van der Waals surface area contributed by atoms with Crippen LogP contribution >= 0.6 is 0 Å². The van der Waals surface area contributed by atoms with Crippen LogP contribution in [0.2, 0.25) is 0 Å². The topological polar surface area (TPSA) is 69.7 Å². The van der Waals surface area contributed by atoms with Gasteiger partial charge in [0.05, 0.1) is 12.4 Å². The summed E-state index contributed by atoms with van der Waals surface area (Å²) in [5.74, 6) is -0.235. The number of carbonyl (C=O) groups is 1. The average Bonchev–Trinajstić information content (AvgIpc) is 2.58. The number of hydrogen-bond donors (Lipinski definition) is 0. The van der Waals surface area contributed by atoms with E-state index in [-0.39, 0.29) is 41.9 Å². The molecule has 26 heavy (non-hydrogen) atoms. The molecule has 0 unspecified atom stereocenters. The number of unbranched alkanes of at least 4 members (excludes halogenated alkanes) is 13. The van der Waals surface area contributed by atoms with Crippen molar-refractivity contribution in [2.75, 3.05) is 12.4 Å². The van der Waals surface area contributed by atoms with Crippen LogP contribution in [0.15, 0.2) is 0 Å². The van der Waals surface area contributed by atoms with Gasteiger partial charge < -0.3 is 8.92 Å². The molecule has 0 radical (unpaired) electrons. The summed E-state index contributed by atoms with van der Waals surface area (Å²) in [7, 11) is -3.76. The van der Waals surface area contributed by atoms with E-state index in [0.717, 1.165) is 19.3 Å². The summed E-state index contributed by atoms with van der Waals surface area (Å²) in [6.45, 7) is 3.88. The molecule has 0 rings (SSSR count). The molecule has 0 bridgehead atoms. The van der Waals surface area contributed by atoms with Gasteiger partial charge in [0.15, 0.2) is 0 Å². The molecule has 0 atom stereocenters. The molecule has 0 aromatic rings. The van der Waals surface area contributed by atoms with Crippen LogP contribution in [0.4, 0.5) is 4.79 Å². The van der Waals surface area contributed by atoms with Crippen LogP contribution in [0.5, 0.6) is 0 Å². The predicted octanol–water partition coefficient (Wildman–Crippen LogP) is 5.32. The quantitative estimate of drug-likeness (QED) is 0.142. The van der Waals surface area contributed by atoms with Gasteiger partial charge >= 0.3 is 45.8 Å². The van der Waals surface area contributed by atoms with Gasteiger partial charge in [0.2, 0.25) is 0 Å². The van der Waals surface area contributed by atoms with E-state index in [2.05, 4.69) is 11.1 Å². The normalized spacial score (nSPS) is 11.0. The summed E-state index contributed by atoms with van der Waals surface area (Å²) >= 11 is 0. The Bertz CT molecular complexity index is 412. The molecule has 0 saturated heterocycles. The Kier molecular flexibility index (Phi) is 21.8. The summed E-state index contributed by atoms with van der Waals surface area (Å²) in [6, 6.07) is 0. The average molecular weight is 403 g/mol. The second-order valence-corrected chi connectivity index (χ2v) is 8.48. The molecule has 152 valence electrons. The maximum absolute atomic E-state index is 11.1. The Morgan fingerprint density at radius 1 is 0.692 bits per heavy atom. The number of hydrogen-bond acceptors (Lipinski definition) is 5. The molecule has 0 spiro atoms. The molecule has 5 nitrogen and oxygen atoms in total. The van der Waals surface area contributed by atoms with Gasteiger partial charge in [-0.25, -0.2) is 4.79 Å². The van der Waals surface area contributed by atoms with E-state index < -0.39 is 16.3 Å². The van der Waals surface area contributed by atoms with Crippen LogP contribution in [0, 0.1) is 0 Å². The van der Waals surface area contributed by atoms with Crippen LogP contribution in [0.1, 0.15) is 104 Å². The van der Waals surface area contributed by atoms with E-state index in [4.69, 9.17) is 4.74 Å². The van der Waals surface area contributed by atoms with E-state index in [0.29, 0.717) is 0 Å². The SMILES string of the molecule is CCCCCCCCCCCCCCCCOC(=O)OS(=O)(=O)CC.[NaH]. The van der Waals surface area contributed by atoms with Crippen molar-refractivity contribution in [3.8, 4) is 0 Å². The summed E-state index contributed by atoms with van der Waals surface area (Å²) in [5, 5.41) is 0. The predicted molar refractivity (Wildman–Crippen MR) is 109 cm³/mol. The molecule has 0 aromatic heterocycles. The first kappa shape index (κ1) is 28.4. The van der Waals surface area contributed by atoms with Crippen molar-refractivity contribution < 1.29 is 22.1 Å². The number of carbonyl (C=O) groups excluding carboxylic acids is 1. The third-order valence-electron chi connectivity index (χ3n) is 4.27. The van der Waals surface area contributed by atoms with E-state index in [9.17, 15) is 13.2 Å². The molecular formula is C19H39NaO5S. The van der Waals surface area contributed by atoms with E-state index >= 15 is 0 Å². The van der Waals surface area contributed by atoms with Crippen molar-refractivity contribution >= 4 is 45.8 Å². The van der Waals surface area contributed by atoms with Gasteiger partial charge in [-0.05, 0) is 13.3 Å².